The smallest absolute Gasteiger partial charge is 0.328 e. The van der Waals surface area contributed by atoms with Crippen molar-refractivity contribution in [2.24, 2.45) is 5.92 Å². The summed E-state index contributed by atoms with van der Waals surface area (Å²) in [6.45, 7) is 3.71. The van der Waals surface area contributed by atoms with Gasteiger partial charge in [-0.1, -0.05) is 19.9 Å². The minimum Gasteiger partial charge on any atom is -0.467 e. The molecule has 0 aliphatic rings. The van der Waals surface area contributed by atoms with E-state index in [1.165, 1.54) is 7.11 Å². The third kappa shape index (κ3) is 4.16. The van der Waals surface area contributed by atoms with Gasteiger partial charge in [0.1, 0.15) is 6.04 Å². The standard InChI is InChI=1S/C13H18N2O3/c1-9(2)12(13(17)18-3)15-11(16)7-10-5-4-6-14-8-10/h4-6,8-9,12H,7H2,1-3H3,(H,15,16). The molecule has 1 N–H and O–H groups in total. The molecule has 1 amide bonds. The van der Waals surface area contributed by atoms with Crippen LogP contribution in [0.3, 0.4) is 0 Å². The van der Waals surface area contributed by atoms with Crippen molar-refractivity contribution in [1.82, 2.24) is 10.3 Å². The Labute approximate surface area is 107 Å². The number of carbonyl (C=O) groups is 2. The van der Waals surface area contributed by atoms with Gasteiger partial charge >= 0.3 is 5.97 Å². The minimum absolute atomic E-state index is 0.0182. The van der Waals surface area contributed by atoms with Crippen molar-refractivity contribution in [3.8, 4) is 0 Å². The predicted molar refractivity (Wildman–Crippen MR) is 66.7 cm³/mol. The van der Waals surface area contributed by atoms with Crippen LogP contribution in [0.4, 0.5) is 0 Å². The number of hydrogen-bond acceptors (Lipinski definition) is 4. The molecule has 98 valence electrons. The van der Waals surface area contributed by atoms with Crippen molar-refractivity contribution in [1.29, 1.82) is 0 Å². The molecule has 1 aromatic rings. The normalized spacial score (nSPS) is 12.0. The molecule has 1 unspecified atom stereocenters. The summed E-state index contributed by atoms with van der Waals surface area (Å²) in [7, 11) is 1.31. The van der Waals surface area contributed by atoms with E-state index < -0.39 is 12.0 Å². The van der Waals surface area contributed by atoms with E-state index in [1.807, 2.05) is 19.9 Å². The van der Waals surface area contributed by atoms with Gasteiger partial charge < -0.3 is 10.1 Å². The lowest BCUT2D eigenvalue weighted by Crippen LogP contribution is -2.45. The number of ether oxygens (including phenoxy) is 1. The third-order valence-electron chi connectivity index (χ3n) is 2.53. The van der Waals surface area contributed by atoms with Gasteiger partial charge in [0.25, 0.3) is 0 Å². The molecule has 1 heterocycles. The molecule has 0 aliphatic heterocycles. The van der Waals surface area contributed by atoms with Crippen LogP contribution in [-0.2, 0) is 20.7 Å². The number of carbonyl (C=O) groups excluding carboxylic acids is 2. The van der Waals surface area contributed by atoms with Crippen LogP contribution in [0.1, 0.15) is 19.4 Å². The quantitative estimate of drug-likeness (QED) is 0.790. The summed E-state index contributed by atoms with van der Waals surface area (Å²) in [5.41, 5.74) is 0.808. The maximum Gasteiger partial charge on any atom is 0.328 e. The first-order valence-electron chi connectivity index (χ1n) is 5.80. The third-order valence-corrected chi connectivity index (χ3v) is 2.53. The zero-order valence-electron chi connectivity index (χ0n) is 10.8. The Hall–Kier alpha value is -1.91. The van der Waals surface area contributed by atoms with Gasteiger partial charge in [-0.15, -0.1) is 0 Å². The highest BCUT2D eigenvalue weighted by Gasteiger charge is 2.24. The number of esters is 1. The van der Waals surface area contributed by atoms with Gasteiger partial charge in [-0.25, -0.2) is 4.79 Å². The highest BCUT2D eigenvalue weighted by molar-refractivity contribution is 5.85. The number of pyridine rings is 1. The van der Waals surface area contributed by atoms with Crippen molar-refractivity contribution in [3.05, 3.63) is 30.1 Å². The molecule has 1 aromatic heterocycles. The fourth-order valence-corrected chi connectivity index (χ4v) is 1.54. The van der Waals surface area contributed by atoms with E-state index in [9.17, 15) is 9.59 Å². The molecule has 1 atom stereocenters. The van der Waals surface area contributed by atoms with E-state index in [0.29, 0.717) is 0 Å². The maximum absolute atomic E-state index is 11.8. The first-order chi connectivity index (χ1) is 8.54. The van der Waals surface area contributed by atoms with Crippen LogP contribution in [0, 0.1) is 5.92 Å². The first-order valence-corrected chi connectivity index (χ1v) is 5.80. The average molecular weight is 250 g/mol. The predicted octanol–water partition coefficient (Wildman–Crippen LogP) is 0.938. The van der Waals surface area contributed by atoms with Crippen LogP contribution >= 0.6 is 0 Å². The van der Waals surface area contributed by atoms with Crippen molar-refractivity contribution in [2.45, 2.75) is 26.3 Å². The Morgan fingerprint density at radius 3 is 2.67 bits per heavy atom. The molecule has 0 fully saturated rings. The Morgan fingerprint density at radius 1 is 1.44 bits per heavy atom. The van der Waals surface area contributed by atoms with E-state index in [-0.39, 0.29) is 18.2 Å². The second-order valence-electron chi connectivity index (χ2n) is 4.35. The van der Waals surface area contributed by atoms with Crippen LogP contribution < -0.4 is 5.32 Å². The van der Waals surface area contributed by atoms with Crippen LogP contribution in [0.5, 0.6) is 0 Å². The molecule has 0 saturated heterocycles. The lowest BCUT2D eigenvalue weighted by atomic mass is 10.0. The summed E-state index contributed by atoms with van der Waals surface area (Å²) < 4.78 is 4.66. The summed E-state index contributed by atoms with van der Waals surface area (Å²) in [6.07, 6.45) is 3.48. The summed E-state index contributed by atoms with van der Waals surface area (Å²) >= 11 is 0. The summed E-state index contributed by atoms with van der Waals surface area (Å²) in [4.78, 5) is 27.2. The topological polar surface area (TPSA) is 68.3 Å². The number of rotatable bonds is 5. The van der Waals surface area contributed by atoms with Crippen LogP contribution in [-0.4, -0.2) is 30.0 Å². The molecule has 0 spiro atoms. The number of nitrogens with one attached hydrogen (secondary N) is 1. The van der Waals surface area contributed by atoms with Gasteiger partial charge in [-0.3, -0.25) is 9.78 Å². The zero-order chi connectivity index (χ0) is 13.5. The molecule has 0 aromatic carbocycles. The molecule has 0 saturated carbocycles. The molecule has 0 bridgehead atoms. The SMILES string of the molecule is COC(=O)C(NC(=O)Cc1cccnc1)C(C)C. The molecule has 1 rings (SSSR count). The Bertz CT molecular complexity index is 404. The van der Waals surface area contributed by atoms with Crippen LogP contribution in [0.25, 0.3) is 0 Å². The molecular weight excluding hydrogens is 232 g/mol. The fraction of sp³-hybridized carbons (Fsp3) is 0.462. The van der Waals surface area contributed by atoms with Crippen LogP contribution in [0.15, 0.2) is 24.5 Å². The highest BCUT2D eigenvalue weighted by Crippen LogP contribution is 2.05. The zero-order valence-corrected chi connectivity index (χ0v) is 10.8. The van der Waals surface area contributed by atoms with E-state index in [2.05, 4.69) is 15.0 Å². The van der Waals surface area contributed by atoms with Gasteiger partial charge in [0, 0.05) is 12.4 Å². The van der Waals surface area contributed by atoms with Gasteiger partial charge in [0.15, 0.2) is 0 Å². The van der Waals surface area contributed by atoms with Crippen molar-refractivity contribution in [3.63, 3.8) is 0 Å². The van der Waals surface area contributed by atoms with E-state index in [0.717, 1.165) is 5.56 Å². The number of aromatic nitrogens is 1. The van der Waals surface area contributed by atoms with Crippen molar-refractivity contribution < 1.29 is 14.3 Å². The summed E-state index contributed by atoms with van der Waals surface area (Å²) in [5, 5.41) is 2.67. The molecule has 0 aliphatic carbocycles. The molecule has 5 heteroatoms. The average Bonchev–Trinajstić information content (AvgIpc) is 2.36. The number of hydrogen-bond donors (Lipinski definition) is 1. The second kappa shape index (κ2) is 6.74. The van der Waals surface area contributed by atoms with Gasteiger partial charge in [0.05, 0.1) is 13.5 Å². The lowest BCUT2D eigenvalue weighted by molar-refractivity contribution is -0.146. The lowest BCUT2D eigenvalue weighted by Gasteiger charge is -2.19. The molecule has 5 nitrogen and oxygen atoms in total. The van der Waals surface area contributed by atoms with E-state index in [4.69, 9.17) is 0 Å². The van der Waals surface area contributed by atoms with Gasteiger partial charge in [-0.05, 0) is 17.5 Å². The highest BCUT2D eigenvalue weighted by atomic mass is 16.5. The molecular formula is C13H18N2O3. The van der Waals surface area contributed by atoms with E-state index >= 15 is 0 Å². The Morgan fingerprint density at radius 2 is 2.17 bits per heavy atom. The second-order valence-corrected chi connectivity index (χ2v) is 4.35. The van der Waals surface area contributed by atoms with Crippen LogP contribution in [0.2, 0.25) is 0 Å². The maximum atomic E-state index is 11.8. The Kier molecular flexibility index (Phi) is 5.30. The minimum atomic E-state index is -0.612. The Balaban J connectivity index is 2.60. The summed E-state index contributed by atoms with van der Waals surface area (Å²) in [6, 6.07) is 2.97. The van der Waals surface area contributed by atoms with Crippen molar-refractivity contribution in [2.75, 3.05) is 7.11 Å². The number of methoxy groups -OCH3 is 1. The fourth-order valence-electron chi connectivity index (χ4n) is 1.54. The monoisotopic (exact) mass is 250 g/mol. The van der Waals surface area contributed by atoms with Gasteiger partial charge in [-0.2, -0.15) is 0 Å². The van der Waals surface area contributed by atoms with Gasteiger partial charge in [0.2, 0.25) is 5.91 Å². The van der Waals surface area contributed by atoms with E-state index in [1.54, 1.807) is 18.5 Å². The van der Waals surface area contributed by atoms with Crippen molar-refractivity contribution >= 4 is 11.9 Å². The largest absolute Gasteiger partial charge is 0.467 e. The number of amides is 1. The first kappa shape index (κ1) is 14.2. The molecule has 18 heavy (non-hydrogen) atoms. The number of nitrogens with zero attached hydrogens (tertiary/aromatic N) is 1. The summed E-state index contributed by atoms with van der Waals surface area (Å²) in [5.74, 6) is -0.660. The molecule has 0 radical (unpaired) electrons.